The van der Waals surface area contributed by atoms with E-state index in [1.165, 1.54) is 6.07 Å². The number of aromatic nitrogens is 3. The zero-order valence-electron chi connectivity index (χ0n) is 8.15. The predicted octanol–water partition coefficient (Wildman–Crippen LogP) is 0.630. The van der Waals surface area contributed by atoms with Crippen molar-refractivity contribution in [3.8, 4) is 0 Å². The molecular weight excluding hydrogens is 195 g/mol. The second kappa shape index (κ2) is 3.27. The molecule has 1 aliphatic rings. The van der Waals surface area contributed by atoms with Gasteiger partial charge in [-0.25, -0.2) is 4.39 Å². The van der Waals surface area contributed by atoms with E-state index in [0.29, 0.717) is 11.6 Å². The van der Waals surface area contributed by atoms with E-state index in [1.807, 2.05) is 0 Å². The van der Waals surface area contributed by atoms with Crippen molar-refractivity contribution in [1.29, 1.82) is 0 Å². The number of rotatable bonds is 2. The summed E-state index contributed by atoms with van der Waals surface area (Å²) in [6.45, 7) is 2.04. The lowest BCUT2D eigenvalue weighted by atomic mass is 9.99. The normalized spacial score (nSPS) is 16.9. The van der Waals surface area contributed by atoms with Crippen molar-refractivity contribution in [2.45, 2.75) is 6.42 Å². The number of hydrogen-bond donors (Lipinski definition) is 1. The topological polar surface area (TPSA) is 42.2 Å². The van der Waals surface area contributed by atoms with Gasteiger partial charge in [0.05, 0.1) is 0 Å². The number of fused-ring (bicyclic) bond motifs is 1. The minimum Gasteiger partial charge on any atom is -0.316 e. The Balaban J connectivity index is 2.00. The standard InChI is InChI=1S/C10H11FN4/c11-8-2-1-3-15-9(13-14-10(8)15)4-7-5-12-6-7/h1-3,7,12H,4-6H2. The summed E-state index contributed by atoms with van der Waals surface area (Å²) in [5.41, 5.74) is 0.319. The van der Waals surface area contributed by atoms with E-state index in [1.54, 1.807) is 16.7 Å². The van der Waals surface area contributed by atoms with Crippen LogP contribution < -0.4 is 5.32 Å². The van der Waals surface area contributed by atoms with Gasteiger partial charge in [-0.2, -0.15) is 0 Å². The van der Waals surface area contributed by atoms with Crippen molar-refractivity contribution < 1.29 is 4.39 Å². The number of hydrogen-bond acceptors (Lipinski definition) is 3. The SMILES string of the molecule is Fc1cccn2c(CC3CNC3)nnc12. The van der Waals surface area contributed by atoms with Crippen LogP contribution in [0.2, 0.25) is 0 Å². The van der Waals surface area contributed by atoms with Gasteiger partial charge in [0.2, 0.25) is 0 Å². The lowest BCUT2D eigenvalue weighted by Crippen LogP contribution is -2.43. The molecule has 0 spiro atoms. The fraction of sp³-hybridized carbons (Fsp3) is 0.400. The molecule has 0 atom stereocenters. The molecule has 0 saturated carbocycles. The van der Waals surface area contributed by atoms with Gasteiger partial charge in [0.25, 0.3) is 0 Å². The summed E-state index contributed by atoms with van der Waals surface area (Å²) in [7, 11) is 0. The summed E-state index contributed by atoms with van der Waals surface area (Å²) in [4.78, 5) is 0. The van der Waals surface area contributed by atoms with Crippen LogP contribution in [0.3, 0.4) is 0 Å². The van der Waals surface area contributed by atoms with Crippen LogP contribution in [0.4, 0.5) is 4.39 Å². The Kier molecular flexibility index (Phi) is 1.92. The second-order valence-electron chi connectivity index (χ2n) is 3.89. The lowest BCUT2D eigenvalue weighted by Gasteiger charge is -2.26. The van der Waals surface area contributed by atoms with Crippen molar-refractivity contribution in [2.24, 2.45) is 5.92 Å². The van der Waals surface area contributed by atoms with E-state index in [4.69, 9.17) is 0 Å². The zero-order valence-corrected chi connectivity index (χ0v) is 8.15. The predicted molar refractivity (Wildman–Crippen MR) is 53.0 cm³/mol. The number of nitrogens with zero attached hydrogens (tertiary/aromatic N) is 3. The van der Waals surface area contributed by atoms with Crippen molar-refractivity contribution in [3.63, 3.8) is 0 Å². The molecule has 1 saturated heterocycles. The summed E-state index contributed by atoms with van der Waals surface area (Å²) in [6, 6.07) is 3.08. The van der Waals surface area contributed by atoms with Gasteiger partial charge in [0.15, 0.2) is 11.5 Å². The summed E-state index contributed by atoms with van der Waals surface area (Å²) in [6.07, 6.45) is 2.66. The highest BCUT2D eigenvalue weighted by Gasteiger charge is 2.20. The lowest BCUT2D eigenvalue weighted by molar-refractivity contribution is 0.340. The highest BCUT2D eigenvalue weighted by molar-refractivity contribution is 5.39. The molecule has 78 valence electrons. The fourth-order valence-corrected chi connectivity index (χ4v) is 1.82. The average molecular weight is 206 g/mol. The maximum Gasteiger partial charge on any atom is 0.196 e. The van der Waals surface area contributed by atoms with Crippen LogP contribution in [-0.2, 0) is 6.42 Å². The molecule has 1 aliphatic heterocycles. The van der Waals surface area contributed by atoms with Crippen molar-refractivity contribution in [3.05, 3.63) is 30.0 Å². The molecule has 0 unspecified atom stereocenters. The van der Waals surface area contributed by atoms with Gasteiger partial charge in [-0.05, 0) is 31.1 Å². The molecule has 0 bridgehead atoms. The van der Waals surface area contributed by atoms with Gasteiger partial charge in [-0.15, -0.1) is 10.2 Å². The third kappa shape index (κ3) is 1.39. The molecule has 0 aromatic carbocycles. The van der Waals surface area contributed by atoms with Crippen LogP contribution >= 0.6 is 0 Å². The first kappa shape index (κ1) is 8.79. The highest BCUT2D eigenvalue weighted by atomic mass is 19.1. The first-order chi connectivity index (χ1) is 7.34. The van der Waals surface area contributed by atoms with Gasteiger partial charge in [-0.1, -0.05) is 0 Å². The number of halogens is 1. The largest absolute Gasteiger partial charge is 0.316 e. The Labute approximate surface area is 86.1 Å². The zero-order chi connectivity index (χ0) is 10.3. The first-order valence-electron chi connectivity index (χ1n) is 5.03. The molecule has 3 rings (SSSR count). The average Bonchev–Trinajstić information content (AvgIpc) is 2.56. The summed E-state index contributed by atoms with van der Waals surface area (Å²) in [5, 5.41) is 11.1. The quantitative estimate of drug-likeness (QED) is 0.783. The summed E-state index contributed by atoms with van der Waals surface area (Å²) < 4.78 is 15.0. The van der Waals surface area contributed by atoms with Crippen molar-refractivity contribution >= 4 is 5.65 Å². The van der Waals surface area contributed by atoms with Crippen LogP contribution in [0.5, 0.6) is 0 Å². The van der Waals surface area contributed by atoms with Crippen LogP contribution in [-0.4, -0.2) is 27.7 Å². The fourth-order valence-electron chi connectivity index (χ4n) is 1.82. The monoisotopic (exact) mass is 206 g/mol. The maximum absolute atomic E-state index is 13.3. The third-order valence-electron chi connectivity index (χ3n) is 2.79. The van der Waals surface area contributed by atoms with Crippen LogP contribution in [0.15, 0.2) is 18.3 Å². The Morgan fingerprint density at radius 1 is 1.47 bits per heavy atom. The Morgan fingerprint density at radius 3 is 3.07 bits per heavy atom. The van der Waals surface area contributed by atoms with Crippen LogP contribution in [0.1, 0.15) is 5.82 Å². The van der Waals surface area contributed by atoms with Crippen LogP contribution in [0, 0.1) is 11.7 Å². The van der Waals surface area contributed by atoms with E-state index in [2.05, 4.69) is 15.5 Å². The summed E-state index contributed by atoms with van der Waals surface area (Å²) in [5.74, 6) is 1.14. The molecule has 0 aliphatic carbocycles. The Morgan fingerprint density at radius 2 is 2.33 bits per heavy atom. The minimum absolute atomic E-state index is 0.317. The van der Waals surface area contributed by atoms with Gasteiger partial charge >= 0.3 is 0 Å². The number of nitrogens with one attached hydrogen (secondary N) is 1. The molecule has 1 fully saturated rings. The molecule has 0 amide bonds. The van der Waals surface area contributed by atoms with E-state index in [9.17, 15) is 4.39 Å². The maximum atomic E-state index is 13.3. The molecule has 3 heterocycles. The Hall–Kier alpha value is -1.49. The van der Waals surface area contributed by atoms with Crippen molar-refractivity contribution in [2.75, 3.05) is 13.1 Å². The number of pyridine rings is 1. The molecule has 5 heteroatoms. The molecule has 1 N–H and O–H groups in total. The second-order valence-corrected chi connectivity index (χ2v) is 3.89. The molecule has 15 heavy (non-hydrogen) atoms. The van der Waals surface area contributed by atoms with Crippen LogP contribution in [0.25, 0.3) is 5.65 Å². The van der Waals surface area contributed by atoms with E-state index < -0.39 is 0 Å². The van der Waals surface area contributed by atoms with Gasteiger partial charge in [0, 0.05) is 12.6 Å². The molecule has 2 aromatic rings. The highest BCUT2D eigenvalue weighted by Crippen LogP contribution is 2.13. The summed E-state index contributed by atoms with van der Waals surface area (Å²) >= 11 is 0. The van der Waals surface area contributed by atoms with E-state index in [0.717, 1.165) is 25.3 Å². The first-order valence-corrected chi connectivity index (χ1v) is 5.03. The molecule has 0 radical (unpaired) electrons. The minimum atomic E-state index is -0.317. The van der Waals surface area contributed by atoms with E-state index >= 15 is 0 Å². The smallest absolute Gasteiger partial charge is 0.196 e. The van der Waals surface area contributed by atoms with Gasteiger partial charge < -0.3 is 5.32 Å². The van der Waals surface area contributed by atoms with Crippen molar-refractivity contribution in [1.82, 2.24) is 19.9 Å². The molecule has 2 aromatic heterocycles. The Bertz CT molecular complexity index is 489. The van der Waals surface area contributed by atoms with Gasteiger partial charge in [-0.3, -0.25) is 4.40 Å². The molecular formula is C10H11FN4. The van der Waals surface area contributed by atoms with E-state index in [-0.39, 0.29) is 5.82 Å². The third-order valence-corrected chi connectivity index (χ3v) is 2.79. The molecule has 4 nitrogen and oxygen atoms in total. The van der Waals surface area contributed by atoms with Gasteiger partial charge in [0.1, 0.15) is 5.82 Å².